The summed E-state index contributed by atoms with van der Waals surface area (Å²) in [5.74, 6) is 2.12. The maximum atomic E-state index is 5.59. The zero-order valence-corrected chi connectivity index (χ0v) is 13.0. The topological polar surface area (TPSA) is 77.8 Å². The molecule has 0 bridgehead atoms. The highest BCUT2D eigenvalue weighted by atomic mass is 16.5. The molecule has 0 aliphatic heterocycles. The molecule has 114 valence electrons. The molecule has 0 unspecified atom stereocenters. The first-order valence-electron chi connectivity index (χ1n) is 7.27. The van der Waals surface area contributed by atoms with Crippen molar-refractivity contribution in [2.24, 2.45) is 0 Å². The largest absolute Gasteiger partial charge is 0.461 e. The van der Waals surface area contributed by atoms with E-state index in [0.717, 1.165) is 18.9 Å². The highest BCUT2D eigenvalue weighted by molar-refractivity contribution is 5.26. The van der Waals surface area contributed by atoms with E-state index >= 15 is 0 Å². The van der Waals surface area contributed by atoms with Crippen LogP contribution in [0.4, 0.5) is 5.95 Å². The molecule has 2 rings (SSSR count). The van der Waals surface area contributed by atoms with Gasteiger partial charge < -0.3 is 14.6 Å². The molecule has 2 aromatic heterocycles. The Morgan fingerprint density at radius 3 is 2.71 bits per heavy atom. The minimum absolute atomic E-state index is 0.0207. The average Bonchev–Trinajstić information content (AvgIpc) is 2.85. The molecular weight excluding hydrogens is 268 g/mol. The summed E-state index contributed by atoms with van der Waals surface area (Å²) in [6.07, 6.45) is 4.31. The predicted octanol–water partition coefficient (Wildman–Crippen LogP) is 1.90. The highest BCUT2D eigenvalue weighted by Gasteiger charge is 2.11. The number of ether oxygens (including phenoxy) is 1. The van der Waals surface area contributed by atoms with Gasteiger partial charge in [-0.05, 0) is 27.7 Å². The molecule has 7 nitrogen and oxygen atoms in total. The smallest absolute Gasteiger partial charge is 0.321 e. The van der Waals surface area contributed by atoms with Crippen molar-refractivity contribution in [3.05, 3.63) is 24.0 Å². The van der Waals surface area contributed by atoms with Gasteiger partial charge in [0.25, 0.3) is 0 Å². The Labute approximate surface area is 124 Å². The van der Waals surface area contributed by atoms with Crippen LogP contribution in [0.25, 0.3) is 0 Å². The van der Waals surface area contributed by atoms with Crippen molar-refractivity contribution >= 4 is 5.95 Å². The van der Waals surface area contributed by atoms with Crippen LogP contribution in [0.3, 0.4) is 0 Å². The van der Waals surface area contributed by atoms with Crippen LogP contribution >= 0.6 is 0 Å². The number of nitrogens with zero attached hydrogens (tertiary/aromatic N) is 5. The van der Waals surface area contributed by atoms with Crippen molar-refractivity contribution in [1.82, 2.24) is 24.5 Å². The molecule has 0 atom stereocenters. The highest BCUT2D eigenvalue weighted by Crippen LogP contribution is 2.12. The van der Waals surface area contributed by atoms with E-state index in [1.54, 1.807) is 6.20 Å². The number of rotatable bonds is 7. The summed E-state index contributed by atoms with van der Waals surface area (Å²) in [5.41, 5.74) is 0. The Morgan fingerprint density at radius 1 is 1.24 bits per heavy atom. The fourth-order valence-corrected chi connectivity index (χ4v) is 1.91. The molecule has 1 N–H and O–H groups in total. The van der Waals surface area contributed by atoms with Gasteiger partial charge in [-0.3, -0.25) is 0 Å². The van der Waals surface area contributed by atoms with Gasteiger partial charge in [-0.1, -0.05) is 0 Å². The second-order valence-electron chi connectivity index (χ2n) is 4.86. The molecule has 0 radical (unpaired) electrons. The van der Waals surface area contributed by atoms with Crippen molar-refractivity contribution in [2.45, 2.75) is 46.8 Å². The van der Waals surface area contributed by atoms with E-state index in [0.29, 0.717) is 24.2 Å². The lowest BCUT2D eigenvalue weighted by molar-refractivity contribution is 0.221. The second-order valence-corrected chi connectivity index (χ2v) is 4.86. The maximum Gasteiger partial charge on any atom is 0.321 e. The number of nitrogens with one attached hydrogen (secondary N) is 1. The number of imidazole rings is 1. The summed E-state index contributed by atoms with van der Waals surface area (Å²) in [4.78, 5) is 17.4. The van der Waals surface area contributed by atoms with Crippen molar-refractivity contribution in [3.63, 3.8) is 0 Å². The third-order valence-electron chi connectivity index (χ3n) is 2.80. The van der Waals surface area contributed by atoms with Crippen LogP contribution in [0.5, 0.6) is 6.01 Å². The van der Waals surface area contributed by atoms with Crippen LogP contribution in [-0.4, -0.2) is 37.2 Å². The summed E-state index contributed by atoms with van der Waals surface area (Å²) in [6, 6.07) is 0.348. The van der Waals surface area contributed by atoms with E-state index in [9.17, 15) is 0 Å². The molecule has 0 amide bonds. The van der Waals surface area contributed by atoms with Gasteiger partial charge in [-0.2, -0.15) is 15.0 Å². The zero-order chi connectivity index (χ0) is 15.2. The first kappa shape index (κ1) is 15.2. The van der Waals surface area contributed by atoms with Crippen molar-refractivity contribution < 1.29 is 4.74 Å². The number of hydrogen-bond acceptors (Lipinski definition) is 6. The lowest BCUT2D eigenvalue weighted by Crippen LogP contribution is -2.14. The first-order valence-corrected chi connectivity index (χ1v) is 7.27. The zero-order valence-electron chi connectivity index (χ0n) is 13.0. The summed E-state index contributed by atoms with van der Waals surface area (Å²) < 4.78 is 7.66. The van der Waals surface area contributed by atoms with E-state index in [2.05, 4.69) is 36.7 Å². The Bertz CT molecular complexity index is 581. The van der Waals surface area contributed by atoms with Crippen molar-refractivity contribution in [2.75, 3.05) is 11.9 Å². The van der Waals surface area contributed by atoms with Crippen molar-refractivity contribution in [3.8, 4) is 6.01 Å². The number of hydrogen-bond donors (Lipinski definition) is 1. The monoisotopic (exact) mass is 290 g/mol. The molecule has 0 saturated heterocycles. The standard InChI is InChI=1S/C14H22N6O/c1-5-15-13-17-11(18-14(19-13)21-10(3)4)9-12-16-7-8-20(12)6-2/h7-8,10H,5-6,9H2,1-4H3,(H,15,17,18,19). The lowest BCUT2D eigenvalue weighted by atomic mass is 10.3. The van der Waals surface area contributed by atoms with Crippen LogP contribution < -0.4 is 10.1 Å². The van der Waals surface area contributed by atoms with Gasteiger partial charge in [0.05, 0.1) is 12.5 Å². The summed E-state index contributed by atoms with van der Waals surface area (Å²) in [5, 5.41) is 3.10. The molecule has 2 aromatic rings. The summed E-state index contributed by atoms with van der Waals surface area (Å²) in [7, 11) is 0. The Balaban J connectivity index is 2.26. The van der Waals surface area contributed by atoms with Crippen LogP contribution in [0.1, 0.15) is 39.3 Å². The van der Waals surface area contributed by atoms with Crippen LogP contribution in [0.15, 0.2) is 12.4 Å². The third-order valence-corrected chi connectivity index (χ3v) is 2.80. The molecule has 0 spiro atoms. The fourth-order valence-electron chi connectivity index (χ4n) is 1.91. The molecule has 0 aliphatic rings. The van der Waals surface area contributed by atoms with E-state index in [1.165, 1.54) is 0 Å². The van der Waals surface area contributed by atoms with Gasteiger partial charge in [0.1, 0.15) is 11.6 Å². The van der Waals surface area contributed by atoms with E-state index in [1.807, 2.05) is 27.0 Å². The molecule has 0 aliphatic carbocycles. The maximum absolute atomic E-state index is 5.59. The fraction of sp³-hybridized carbons (Fsp3) is 0.571. The van der Waals surface area contributed by atoms with E-state index in [-0.39, 0.29) is 6.10 Å². The lowest BCUT2D eigenvalue weighted by Gasteiger charge is -2.11. The number of aryl methyl sites for hydroxylation is 1. The Morgan fingerprint density at radius 2 is 2.05 bits per heavy atom. The minimum atomic E-state index is 0.0207. The molecule has 0 aromatic carbocycles. The van der Waals surface area contributed by atoms with Crippen LogP contribution in [0, 0.1) is 0 Å². The first-order chi connectivity index (χ1) is 10.1. The van der Waals surface area contributed by atoms with Crippen LogP contribution in [0.2, 0.25) is 0 Å². The quantitative estimate of drug-likeness (QED) is 0.839. The number of aromatic nitrogens is 5. The van der Waals surface area contributed by atoms with Gasteiger partial charge in [0, 0.05) is 25.5 Å². The summed E-state index contributed by atoms with van der Waals surface area (Å²) in [6.45, 7) is 9.58. The molecule has 7 heteroatoms. The van der Waals surface area contributed by atoms with Gasteiger partial charge in [0.15, 0.2) is 0 Å². The second kappa shape index (κ2) is 7.01. The molecule has 21 heavy (non-hydrogen) atoms. The van der Waals surface area contributed by atoms with Gasteiger partial charge in [-0.25, -0.2) is 4.98 Å². The number of anilines is 1. The van der Waals surface area contributed by atoms with Crippen LogP contribution in [-0.2, 0) is 13.0 Å². The van der Waals surface area contributed by atoms with Gasteiger partial charge >= 0.3 is 6.01 Å². The minimum Gasteiger partial charge on any atom is -0.461 e. The summed E-state index contributed by atoms with van der Waals surface area (Å²) >= 11 is 0. The van der Waals surface area contributed by atoms with Gasteiger partial charge in [0.2, 0.25) is 5.95 Å². The average molecular weight is 290 g/mol. The Hall–Kier alpha value is -2.18. The predicted molar refractivity (Wildman–Crippen MR) is 80.5 cm³/mol. The molecular formula is C14H22N6O. The SMILES string of the molecule is CCNc1nc(Cc2nccn2CC)nc(OC(C)C)n1. The van der Waals surface area contributed by atoms with E-state index in [4.69, 9.17) is 4.74 Å². The molecule has 2 heterocycles. The molecule has 0 fully saturated rings. The molecule has 0 saturated carbocycles. The van der Waals surface area contributed by atoms with Crippen molar-refractivity contribution in [1.29, 1.82) is 0 Å². The van der Waals surface area contributed by atoms with Gasteiger partial charge in [-0.15, -0.1) is 0 Å². The Kier molecular flexibility index (Phi) is 5.08. The third kappa shape index (κ3) is 4.14. The normalized spacial score (nSPS) is 10.9. The van der Waals surface area contributed by atoms with E-state index < -0.39 is 0 Å².